The van der Waals surface area contributed by atoms with Gasteiger partial charge in [-0.3, -0.25) is 0 Å². The van der Waals surface area contributed by atoms with E-state index in [0.717, 1.165) is 17.1 Å². The van der Waals surface area contributed by atoms with Gasteiger partial charge < -0.3 is 13.7 Å². The van der Waals surface area contributed by atoms with Crippen LogP contribution in [0.1, 0.15) is 0 Å². The molecule has 3 heteroatoms. The smallest absolute Gasteiger partial charge is 0.0561 e. The van der Waals surface area contributed by atoms with Crippen LogP contribution in [0.5, 0.6) is 0 Å². The van der Waals surface area contributed by atoms with Gasteiger partial charge >= 0.3 is 0 Å². The number of para-hydroxylation sites is 4. The van der Waals surface area contributed by atoms with Gasteiger partial charge in [-0.15, -0.1) is 0 Å². The fourth-order valence-corrected chi connectivity index (χ4v) is 8.40. The van der Waals surface area contributed by atoms with Crippen molar-refractivity contribution in [2.45, 2.75) is 0 Å². The summed E-state index contributed by atoms with van der Waals surface area (Å²) in [5.41, 5.74) is 13.1. The first-order valence-electron chi connectivity index (χ1n) is 17.5. The number of rotatable bonds is 4. The van der Waals surface area contributed by atoms with Gasteiger partial charge in [0.05, 0.1) is 33.1 Å². The van der Waals surface area contributed by atoms with Gasteiger partial charge in [-0.05, 0) is 77.9 Å². The van der Waals surface area contributed by atoms with Crippen molar-refractivity contribution in [1.82, 2.24) is 13.7 Å². The lowest BCUT2D eigenvalue weighted by Gasteiger charge is -2.12. The molecule has 0 aliphatic carbocycles. The van der Waals surface area contributed by atoms with E-state index in [-0.39, 0.29) is 0 Å². The van der Waals surface area contributed by atoms with Crippen LogP contribution in [0.25, 0.3) is 93.6 Å². The lowest BCUT2D eigenvalue weighted by molar-refractivity contribution is 1.15. The summed E-state index contributed by atoms with van der Waals surface area (Å²) in [7, 11) is 0. The minimum absolute atomic E-state index is 1.15. The van der Waals surface area contributed by atoms with Crippen molar-refractivity contribution in [3.63, 3.8) is 0 Å². The van der Waals surface area contributed by atoms with E-state index in [1.54, 1.807) is 0 Å². The maximum absolute atomic E-state index is 2.46. The number of fused-ring (bicyclic) bond motifs is 9. The molecule has 0 atom stereocenters. The fourth-order valence-electron chi connectivity index (χ4n) is 8.40. The molecule has 0 aliphatic rings. The normalized spacial score (nSPS) is 11.9. The number of nitrogens with zero attached hydrogens (tertiary/aromatic N) is 3. The summed E-state index contributed by atoms with van der Waals surface area (Å²) < 4.78 is 7.29. The predicted molar refractivity (Wildman–Crippen MR) is 215 cm³/mol. The second kappa shape index (κ2) is 10.8. The predicted octanol–water partition coefficient (Wildman–Crippen LogP) is 12.6. The van der Waals surface area contributed by atoms with E-state index in [4.69, 9.17) is 0 Å². The van der Waals surface area contributed by atoms with E-state index in [0.29, 0.717) is 0 Å². The van der Waals surface area contributed by atoms with Crippen LogP contribution < -0.4 is 0 Å². The van der Waals surface area contributed by atoms with E-state index in [9.17, 15) is 0 Å². The highest BCUT2D eigenvalue weighted by Gasteiger charge is 2.20. The third-order valence-electron chi connectivity index (χ3n) is 10.6. The van der Waals surface area contributed by atoms with Crippen LogP contribution in [0.3, 0.4) is 0 Å². The molecule has 0 N–H and O–H groups in total. The van der Waals surface area contributed by atoms with Gasteiger partial charge in [-0.2, -0.15) is 0 Å². The Kier molecular flexibility index (Phi) is 5.96. The van der Waals surface area contributed by atoms with Gasteiger partial charge in [-0.1, -0.05) is 121 Å². The van der Waals surface area contributed by atoms with Crippen molar-refractivity contribution in [2.75, 3.05) is 0 Å². The fraction of sp³-hybridized carbons (Fsp3) is 0. The van der Waals surface area contributed by atoms with Gasteiger partial charge in [-0.25, -0.2) is 0 Å². The SMILES string of the molecule is c1ccc(-c2cccc(-n3c4ccccc4c4cc5c(cc43)c3ccccc3n5-c3ccc4c5ccccc5n(-c5ccccc5)c4c3)c2)cc1. The molecule has 0 spiro atoms. The molecule has 0 saturated heterocycles. The highest BCUT2D eigenvalue weighted by atomic mass is 15.0. The highest BCUT2D eigenvalue weighted by Crippen LogP contribution is 2.41. The average Bonchev–Trinajstić information content (AvgIpc) is 3.82. The zero-order chi connectivity index (χ0) is 33.5. The molecule has 51 heavy (non-hydrogen) atoms. The van der Waals surface area contributed by atoms with Crippen molar-refractivity contribution in [2.24, 2.45) is 0 Å². The van der Waals surface area contributed by atoms with E-state index in [1.807, 2.05) is 0 Å². The molecule has 11 aromatic rings. The van der Waals surface area contributed by atoms with Crippen LogP contribution in [0.2, 0.25) is 0 Å². The molecule has 0 aliphatic heterocycles. The Balaban J connectivity index is 1.21. The zero-order valence-electron chi connectivity index (χ0n) is 27.7. The van der Waals surface area contributed by atoms with Crippen molar-refractivity contribution >= 4 is 65.4 Å². The first-order chi connectivity index (χ1) is 25.3. The van der Waals surface area contributed by atoms with Gasteiger partial charge in [0.1, 0.15) is 0 Å². The molecule has 3 nitrogen and oxygen atoms in total. The largest absolute Gasteiger partial charge is 0.309 e. The highest BCUT2D eigenvalue weighted by molar-refractivity contribution is 6.19. The maximum Gasteiger partial charge on any atom is 0.0561 e. The number of benzene rings is 8. The summed E-state index contributed by atoms with van der Waals surface area (Å²) in [6.07, 6.45) is 0. The summed E-state index contributed by atoms with van der Waals surface area (Å²) in [5.74, 6) is 0. The zero-order valence-corrected chi connectivity index (χ0v) is 27.7. The maximum atomic E-state index is 2.46. The molecule has 0 amide bonds. The van der Waals surface area contributed by atoms with E-state index >= 15 is 0 Å². The minimum Gasteiger partial charge on any atom is -0.309 e. The van der Waals surface area contributed by atoms with Crippen molar-refractivity contribution in [3.05, 3.63) is 188 Å². The van der Waals surface area contributed by atoms with Crippen LogP contribution >= 0.6 is 0 Å². The summed E-state index contributed by atoms with van der Waals surface area (Å²) >= 11 is 0. The van der Waals surface area contributed by atoms with Gasteiger partial charge in [0.2, 0.25) is 0 Å². The van der Waals surface area contributed by atoms with Crippen LogP contribution in [0.15, 0.2) is 188 Å². The summed E-state index contributed by atoms with van der Waals surface area (Å²) in [6, 6.07) is 68.4. The first-order valence-corrected chi connectivity index (χ1v) is 17.5. The lowest BCUT2D eigenvalue weighted by atomic mass is 10.1. The quantitative estimate of drug-likeness (QED) is 0.180. The van der Waals surface area contributed by atoms with E-state index in [2.05, 4.69) is 202 Å². The van der Waals surface area contributed by atoms with Crippen LogP contribution in [-0.4, -0.2) is 13.7 Å². The number of hydrogen-bond donors (Lipinski definition) is 0. The number of aromatic nitrogens is 3. The molecule has 0 radical (unpaired) electrons. The van der Waals surface area contributed by atoms with Crippen molar-refractivity contribution < 1.29 is 0 Å². The second-order valence-electron chi connectivity index (χ2n) is 13.4. The van der Waals surface area contributed by atoms with Crippen molar-refractivity contribution in [3.8, 4) is 28.2 Å². The molecule has 0 bridgehead atoms. The Hall–Kier alpha value is -6.84. The Morgan fingerprint density at radius 1 is 0.216 bits per heavy atom. The third-order valence-corrected chi connectivity index (χ3v) is 10.6. The summed E-state index contributed by atoms with van der Waals surface area (Å²) in [4.78, 5) is 0. The molecule has 3 aromatic heterocycles. The molecule has 238 valence electrons. The van der Waals surface area contributed by atoms with Gasteiger partial charge in [0.15, 0.2) is 0 Å². The third kappa shape index (κ3) is 4.12. The average molecular weight is 650 g/mol. The van der Waals surface area contributed by atoms with Crippen LogP contribution in [0.4, 0.5) is 0 Å². The Morgan fingerprint density at radius 3 is 1.24 bits per heavy atom. The molecule has 8 aromatic carbocycles. The molecule has 0 fully saturated rings. The van der Waals surface area contributed by atoms with Crippen LogP contribution in [-0.2, 0) is 0 Å². The van der Waals surface area contributed by atoms with E-state index < -0.39 is 0 Å². The topological polar surface area (TPSA) is 14.8 Å². The molecule has 3 heterocycles. The standard InChI is InChI=1S/C48H31N3/c1-3-14-32(15-4-1)33-16-13-19-35(28-33)50-44-24-11-8-21-38(44)41-31-48-42(30-47(41)50)39-22-9-12-25-45(39)51(48)36-26-27-40-37-20-7-10-23-43(37)49(46(40)29-36)34-17-5-2-6-18-34/h1-31H. The van der Waals surface area contributed by atoms with Crippen LogP contribution in [0, 0.1) is 0 Å². The summed E-state index contributed by atoms with van der Waals surface area (Å²) in [5, 5.41) is 7.49. The Bertz CT molecular complexity index is 3120. The monoisotopic (exact) mass is 649 g/mol. The lowest BCUT2D eigenvalue weighted by Crippen LogP contribution is -1.97. The van der Waals surface area contributed by atoms with E-state index in [1.165, 1.54) is 76.5 Å². The molecular formula is C48H31N3. The van der Waals surface area contributed by atoms with Gasteiger partial charge in [0, 0.05) is 49.4 Å². The molecule has 0 unspecified atom stereocenters. The summed E-state index contributed by atoms with van der Waals surface area (Å²) in [6.45, 7) is 0. The van der Waals surface area contributed by atoms with Gasteiger partial charge in [0.25, 0.3) is 0 Å². The Labute approximate surface area is 294 Å². The second-order valence-corrected chi connectivity index (χ2v) is 13.4. The first kappa shape index (κ1) is 28.0. The minimum atomic E-state index is 1.15. The number of hydrogen-bond acceptors (Lipinski definition) is 0. The molecule has 0 saturated carbocycles. The Morgan fingerprint density at radius 2 is 0.627 bits per heavy atom. The molecule has 11 rings (SSSR count). The van der Waals surface area contributed by atoms with Crippen molar-refractivity contribution in [1.29, 1.82) is 0 Å². The molecular weight excluding hydrogens is 619 g/mol.